The molecule has 1 atom stereocenters. The summed E-state index contributed by atoms with van der Waals surface area (Å²) in [5.74, 6) is 4.26. The predicted octanol–water partition coefficient (Wildman–Crippen LogP) is 2.67. The lowest BCUT2D eigenvalue weighted by atomic mass is 10.0. The van der Waals surface area contributed by atoms with Crippen molar-refractivity contribution in [3.63, 3.8) is 0 Å². The van der Waals surface area contributed by atoms with Crippen LogP contribution >= 0.6 is 0 Å². The molecule has 0 spiro atoms. The minimum atomic E-state index is -0.613. The Morgan fingerprint density at radius 3 is 2.60 bits per heavy atom. The molecule has 0 bridgehead atoms. The zero-order chi connectivity index (χ0) is 14.5. The number of pyridine rings is 1. The quantitative estimate of drug-likeness (QED) is 0.652. The van der Waals surface area contributed by atoms with Crippen LogP contribution in [0, 0.1) is 11.6 Å². The van der Waals surface area contributed by atoms with Gasteiger partial charge >= 0.3 is 0 Å². The maximum Gasteiger partial charge on any atom is 0.130 e. The summed E-state index contributed by atoms with van der Waals surface area (Å²) in [6, 6.07) is 6.90. The van der Waals surface area contributed by atoms with Gasteiger partial charge in [-0.3, -0.25) is 16.3 Å². The summed E-state index contributed by atoms with van der Waals surface area (Å²) in [5.41, 5.74) is 4.82. The SMILES string of the molecule is CCc1ccc(CC(NN)c2ccc(F)cc2F)nc1. The molecule has 5 heteroatoms. The molecule has 3 N–H and O–H groups in total. The van der Waals surface area contributed by atoms with E-state index < -0.39 is 17.7 Å². The number of rotatable bonds is 5. The van der Waals surface area contributed by atoms with E-state index in [1.807, 2.05) is 12.1 Å². The van der Waals surface area contributed by atoms with Crippen molar-refractivity contribution in [2.45, 2.75) is 25.8 Å². The first-order valence-electron chi connectivity index (χ1n) is 6.49. The highest BCUT2D eigenvalue weighted by atomic mass is 19.1. The second-order valence-corrected chi connectivity index (χ2v) is 4.60. The van der Waals surface area contributed by atoms with E-state index in [0.29, 0.717) is 12.0 Å². The van der Waals surface area contributed by atoms with Gasteiger partial charge in [0.2, 0.25) is 0 Å². The summed E-state index contributed by atoms with van der Waals surface area (Å²) in [6.07, 6.45) is 3.14. The van der Waals surface area contributed by atoms with Gasteiger partial charge in [0.15, 0.2) is 0 Å². The Hall–Kier alpha value is -1.85. The summed E-state index contributed by atoms with van der Waals surface area (Å²) < 4.78 is 26.7. The van der Waals surface area contributed by atoms with Crippen LogP contribution in [0.5, 0.6) is 0 Å². The van der Waals surface area contributed by atoms with E-state index in [1.54, 1.807) is 6.20 Å². The van der Waals surface area contributed by atoms with Crippen molar-refractivity contribution < 1.29 is 8.78 Å². The summed E-state index contributed by atoms with van der Waals surface area (Å²) in [7, 11) is 0. The molecule has 1 unspecified atom stereocenters. The first-order valence-corrected chi connectivity index (χ1v) is 6.49. The van der Waals surface area contributed by atoms with Gasteiger partial charge in [-0.2, -0.15) is 0 Å². The fourth-order valence-corrected chi connectivity index (χ4v) is 2.04. The van der Waals surface area contributed by atoms with E-state index in [9.17, 15) is 8.78 Å². The zero-order valence-corrected chi connectivity index (χ0v) is 11.2. The Balaban J connectivity index is 2.19. The average molecular weight is 277 g/mol. The lowest BCUT2D eigenvalue weighted by Gasteiger charge is -2.16. The number of hydrogen-bond acceptors (Lipinski definition) is 3. The first-order chi connectivity index (χ1) is 9.63. The lowest BCUT2D eigenvalue weighted by Crippen LogP contribution is -2.30. The van der Waals surface area contributed by atoms with Crippen molar-refractivity contribution in [1.82, 2.24) is 10.4 Å². The highest BCUT2D eigenvalue weighted by molar-refractivity contribution is 5.24. The molecule has 1 aromatic carbocycles. The highest BCUT2D eigenvalue weighted by Crippen LogP contribution is 2.21. The smallest absolute Gasteiger partial charge is 0.130 e. The van der Waals surface area contributed by atoms with Crippen LogP contribution in [0.2, 0.25) is 0 Å². The Kier molecular flexibility index (Phi) is 4.76. The van der Waals surface area contributed by atoms with Crippen LogP contribution in [0.3, 0.4) is 0 Å². The number of halogens is 2. The predicted molar refractivity (Wildman–Crippen MR) is 73.7 cm³/mol. The normalized spacial score (nSPS) is 12.4. The average Bonchev–Trinajstić information content (AvgIpc) is 2.46. The van der Waals surface area contributed by atoms with Gasteiger partial charge in [0.25, 0.3) is 0 Å². The number of hydrogen-bond donors (Lipinski definition) is 2. The molecule has 0 radical (unpaired) electrons. The molecule has 0 aliphatic carbocycles. The van der Waals surface area contributed by atoms with E-state index in [-0.39, 0.29) is 0 Å². The van der Waals surface area contributed by atoms with E-state index in [0.717, 1.165) is 23.7 Å². The van der Waals surface area contributed by atoms with Gasteiger partial charge in [-0.15, -0.1) is 0 Å². The standard InChI is InChI=1S/C15H17F2N3/c1-2-10-3-5-12(19-9-10)8-15(20-18)13-6-4-11(16)7-14(13)17/h3-7,9,15,20H,2,8,18H2,1H3. The van der Waals surface area contributed by atoms with Gasteiger partial charge in [0, 0.05) is 29.9 Å². The van der Waals surface area contributed by atoms with E-state index in [2.05, 4.69) is 17.3 Å². The molecule has 1 aromatic heterocycles. The van der Waals surface area contributed by atoms with Crippen molar-refractivity contribution in [2.75, 3.05) is 0 Å². The minimum absolute atomic E-state index is 0.329. The molecule has 2 rings (SSSR count). The van der Waals surface area contributed by atoms with E-state index in [4.69, 9.17) is 5.84 Å². The van der Waals surface area contributed by atoms with Gasteiger partial charge in [-0.25, -0.2) is 8.78 Å². The number of nitrogens with two attached hydrogens (primary N) is 1. The third kappa shape index (κ3) is 3.37. The molecule has 1 heterocycles. The molecule has 0 aliphatic rings. The van der Waals surface area contributed by atoms with Crippen molar-refractivity contribution in [3.8, 4) is 0 Å². The molecule has 0 aliphatic heterocycles. The lowest BCUT2D eigenvalue weighted by molar-refractivity contribution is 0.499. The topological polar surface area (TPSA) is 50.9 Å². The van der Waals surface area contributed by atoms with Gasteiger partial charge in [0.05, 0.1) is 6.04 Å². The Morgan fingerprint density at radius 2 is 2.05 bits per heavy atom. The molecule has 106 valence electrons. The van der Waals surface area contributed by atoms with Gasteiger partial charge in [0.1, 0.15) is 11.6 Å². The molecule has 0 fully saturated rings. The Bertz CT molecular complexity index is 570. The zero-order valence-electron chi connectivity index (χ0n) is 11.2. The molecule has 3 nitrogen and oxygen atoms in total. The van der Waals surface area contributed by atoms with Crippen LogP contribution < -0.4 is 11.3 Å². The molecular formula is C15H17F2N3. The highest BCUT2D eigenvalue weighted by Gasteiger charge is 2.16. The van der Waals surface area contributed by atoms with Crippen LogP contribution in [-0.2, 0) is 12.8 Å². The molecule has 2 aromatic rings. The summed E-state index contributed by atoms with van der Waals surface area (Å²) in [5, 5.41) is 0. The largest absolute Gasteiger partial charge is 0.271 e. The fourth-order valence-electron chi connectivity index (χ4n) is 2.04. The molecule has 20 heavy (non-hydrogen) atoms. The second-order valence-electron chi connectivity index (χ2n) is 4.60. The monoisotopic (exact) mass is 277 g/mol. The van der Waals surface area contributed by atoms with Crippen LogP contribution in [0.25, 0.3) is 0 Å². The van der Waals surface area contributed by atoms with Crippen molar-refractivity contribution in [2.24, 2.45) is 5.84 Å². The molecule has 0 saturated carbocycles. The number of benzene rings is 1. The minimum Gasteiger partial charge on any atom is -0.271 e. The summed E-state index contributed by atoms with van der Waals surface area (Å²) >= 11 is 0. The second kappa shape index (κ2) is 6.54. The summed E-state index contributed by atoms with van der Waals surface area (Å²) in [4.78, 5) is 4.32. The number of aryl methyl sites for hydroxylation is 1. The van der Waals surface area contributed by atoms with Crippen LogP contribution in [0.4, 0.5) is 8.78 Å². The number of aromatic nitrogens is 1. The number of nitrogens with one attached hydrogen (secondary N) is 1. The third-order valence-corrected chi connectivity index (χ3v) is 3.25. The van der Waals surface area contributed by atoms with Crippen LogP contribution in [0.1, 0.15) is 29.8 Å². The van der Waals surface area contributed by atoms with Crippen molar-refractivity contribution >= 4 is 0 Å². The maximum atomic E-state index is 13.8. The Labute approximate surface area is 116 Å². The first kappa shape index (κ1) is 14.6. The van der Waals surface area contributed by atoms with E-state index in [1.165, 1.54) is 12.1 Å². The molecule has 0 amide bonds. The number of nitrogens with zero attached hydrogens (tertiary/aromatic N) is 1. The van der Waals surface area contributed by atoms with Crippen molar-refractivity contribution in [3.05, 3.63) is 65.0 Å². The molecule has 0 saturated heterocycles. The van der Waals surface area contributed by atoms with Crippen molar-refractivity contribution in [1.29, 1.82) is 0 Å². The molecular weight excluding hydrogens is 260 g/mol. The summed E-state index contributed by atoms with van der Waals surface area (Å²) in [6.45, 7) is 2.05. The number of hydrazine groups is 1. The van der Waals surface area contributed by atoms with Crippen LogP contribution in [0.15, 0.2) is 36.5 Å². The van der Waals surface area contributed by atoms with Gasteiger partial charge in [-0.05, 0) is 24.1 Å². The van der Waals surface area contributed by atoms with Crippen LogP contribution in [-0.4, -0.2) is 4.98 Å². The fraction of sp³-hybridized carbons (Fsp3) is 0.267. The maximum absolute atomic E-state index is 13.8. The third-order valence-electron chi connectivity index (χ3n) is 3.25. The Morgan fingerprint density at radius 1 is 1.25 bits per heavy atom. The van der Waals surface area contributed by atoms with Gasteiger partial charge in [-0.1, -0.05) is 19.1 Å². The van der Waals surface area contributed by atoms with Gasteiger partial charge < -0.3 is 0 Å². The van der Waals surface area contributed by atoms with E-state index >= 15 is 0 Å².